The first-order chi connectivity index (χ1) is 18.1. The minimum Gasteiger partial charge on any atom is -0.313 e. The zero-order chi connectivity index (χ0) is 27.3. The minimum atomic E-state index is -3.94. The quantitative estimate of drug-likeness (QED) is 0.263. The molecular formula is C28H30FN3O4S2. The number of aromatic nitrogens is 2. The van der Waals surface area contributed by atoms with Crippen LogP contribution < -0.4 is 0 Å². The molecule has 0 saturated carbocycles. The summed E-state index contributed by atoms with van der Waals surface area (Å²) in [5.74, 6) is -0.791. The van der Waals surface area contributed by atoms with E-state index in [9.17, 15) is 21.2 Å². The van der Waals surface area contributed by atoms with Crippen LogP contribution in [-0.2, 0) is 38.7 Å². The molecule has 200 valence electrons. The van der Waals surface area contributed by atoms with Crippen LogP contribution in [0.2, 0.25) is 0 Å². The van der Waals surface area contributed by atoms with Crippen molar-refractivity contribution in [2.75, 3.05) is 6.54 Å². The molecule has 1 heterocycles. The van der Waals surface area contributed by atoms with Gasteiger partial charge in [0.2, 0.25) is 25.0 Å². The van der Waals surface area contributed by atoms with Crippen LogP contribution in [0.25, 0.3) is 0 Å². The molecule has 7 nitrogen and oxygen atoms in total. The van der Waals surface area contributed by atoms with Gasteiger partial charge in [-0.25, -0.2) is 26.2 Å². The Kier molecular flexibility index (Phi) is 8.44. The summed E-state index contributed by atoms with van der Waals surface area (Å²) in [6.45, 7) is 4.22. The van der Waals surface area contributed by atoms with Gasteiger partial charge in [0.15, 0.2) is 0 Å². The molecule has 4 rings (SSSR count). The number of hydrogen-bond donors (Lipinski definition) is 0. The van der Waals surface area contributed by atoms with Crippen molar-refractivity contribution in [1.29, 1.82) is 0 Å². The molecule has 0 N–H and O–H groups in total. The van der Waals surface area contributed by atoms with E-state index in [1.807, 2.05) is 44.2 Å². The van der Waals surface area contributed by atoms with Crippen LogP contribution in [0.3, 0.4) is 0 Å². The second-order valence-electron chi connectivity index (χ2n) is 9.49. The average molecular weight is 556 g/mol. The third-order valence-corrected chi connectivity index (χ3v) is 9.34. The minimum absolute atomic E-state index is 0.0284. The fraction of sp³-hybridized carbons (Fsp3) is 0.250. The first-order valence-corrected chi connectivity index (χ1v) is 15.3. The summed E-state index contributed by atoms with van der Waals surface area (Å²) >= 11 is 0. The molecule has 0 unspecified atom stereocenters. The molecule has 10 heteroatoms. The van der Waals surface area contributed by atoms with Crippen molar-refractivity contribution in [3.05, 3.63) is 114 Å². The first kappa shape index (κ1) is 27.7. The van der Waals surface area contributed by atoms with Crippen molar-refractivity contribution < 1.29 is 21.2 Å². The number of sulfone groups is 1. The van der Waals surface area contributed by atoms with Crippen molar-refractivity contribution in [3.63, 3.8) is 0 Å². The Bertz CT molecular complexity index is 1570. The number of halogens is 1. The lowest BCUT2D eigenvalue weighted by Crippen LogP contribution is -2.34. The highest BCUT2D eigenvalue weighted by Gasteiger charge is 2.29. The third-order valence-electron chi connectivity index (χ3n) is 5.92. The molecule has 0 spiro atoms. The van der Waals surface area contributed by atoms with Crippen molar-refractivity contribution >= 4 is 19.9 Å². The average Bonchev–Trinajstić information content (AvgIpc) is 3.28. The van der Waals surface area contributed by atoms with Gasteiger partial charge in [-0.1, -0.05) is 74.5 Å². The van der Waals surface area contributed by atoms with Crippen molar-refractivity contribution in [1.82, 2.24) is 13.9 Å². The molecule has 0 amide bonds. The predicted octanol–water partition coefficient (Wildman–Crippen LogP) is 4.89. The summed E-state index contributed by atoms with van der Waals surface area (Å²) in [5, 5.41) is -0.165. The van der Waals surface area contributed by atoms with Gasteiger partial charge in [-0.3, -0.25) is 0 Å². The Morgan fingerprint density at radius 1 is 0.842 bits per heavy atom. The topological polar surface area (TPSA) is 89.3 Å². The number of nitrogens with zero attached hydrogens (tertiary/aromatic N) is 3. The van der Waals surface area contributed by atoms with Gasteiger partial charge in [-0.2, -0.15) is 4.31 Å². The number of hydrogen-bond acceptors (Lipinski definition) is 5. The van der Waals surface area contributed by atoms with E-state index in [-0.39, 0.29) is 41.4 Å². The lowest BCUT2D eigenvalue weighted by molar-refractivity contribution is 0.353. The SMILES string of the molecule is CC(C)CN(Cc1cnc(S(=O)(=O)Cc2ccc(F)cc2)n1Cc1ccccc1)S(=O)(=O)c1ccccc1. The second-order valence-corrected chi connectivity index (χ2v) is 13.3. The fourth-order valence-corrected chi connectivity index (χ4v) is 7.23. The van der Waals surface area contributed by atoms with E-state index in [4.69, 9.17) is 0 Å². The summed E-state index contributed by atoms with van der Waals surface area (Å²) in [6, 6.07) is 22.7. The fourth-order valence-electron chi connectivity index (χ4n) is 4.14. The Labute approximate surface area is 223 Å². The van der Waals surface area contributed by atoms with Crippen LogP contribution in [0.1, 0.15) is 30.7 Å². The van der Waals surface area contributed by atoms with E-state index < -0.39 is 25.7 Å². The molecular weight excluding hydrogens is 525 g/mol. The summed E-state index contributed by atoms with van der Waals surface area (Å²) in [7, 11) is -7.80. The Morgan fingerprint density at radius 3 is 2.05 bits per heavy atom. The highest BCUT2D eigenvalue weighted by molar-refractivity contribution is 7.90. The molecule has 0 aliphatic rings. The highest BCUT2D eigenvalue weighted by Crippen LogP contribution is 2.24. The summed E-state index contributed by atoms with van der Waals surface area (Å²) in [5.41, 5.74) is 1.72. The van der Waals surface area contributed by atoms with Crippen LogP contribution in [0.5, 0.6) is 0 Å². The van der Waals surface area contributed by atoms with Crippen LogP contribution in [0, 0.1) is 11.7 Å². The van der Waals surface area contributed by atoms with Crippen LogP contribution in [-0.4, -0.2) is 37.2 Å². The highest BCUT2D eigenvalue weighted by atomic mass is 32.2. The van der Waals surface area contributed by atoms with Crippen molar-refractivity contribution in [3.8, 4) is 0 Å². The maximum Gasteiger partial charge on any atom is 0.243 e. The van der Waals surface area contributed by atoms with Gasteiger partial charge < -0.3 is 4.57 Å². The Balaban J connectivity index is 1.76. The van der Waals surface area contributed by atoms with Crippen LogP contribution in [0.15, 0.2) is 101 Å². The molecule has 4 aromatic rings. The lowest BCUT2D eigenvalue weighted by Gasteiger charge is -2.25. The molecule has 0 atom stereocenters. The Hall–Kier alpha value is -3.34. The van der Waals surface area contributed by atoms with Gasteiger partial charge in [0, 0.05) is 6.54 Å². The molecule has 3 aromatic carbocycles. The van der Waals surface area contributed by atoms with E-state index in [0.29, 0.717) is 11.3 Å². The standard InChI is InChI=1S/C28H30FN3O4S2/c1-22(2)18-31(38(35,36)27-11-7-4-8-12-27)20-26-17-30-28(32(26)19-23-9-5-3-6-10-23)37(33,34)21-24-13-15-25(29)16-14-24/h3-17,22H,18-21H2,1-2H3. The number of imidazole rings is 1. The van der Waals surface area contributed by atoms with Crippen molar-refractivity contribution in [2.24, 2.45) is 5.92 Å². The number of benzene rings is 3. The van der Waals surface area contributed by atoms with Crippen LogP contribution in [0.4, 0.5) is 4.39 Å². The maximum atomic E-state index is 13.6. The van der Waals surface area contributed by atoms with Gasteiger partial charge in [0.1, 0.15) is 5.82 Å². The van der Waals surface area contributed by atoms with Crippen molar-refractivity contribution in [2.45, 2.75) is 42.7 Å². The van der Waals surface area contributed by atoms with Gasteiger partial charge in [0.05, 0.1) is 35.6 Å². The summed E-state index contributed by atoms with van der Waals surface area (Å²) in [6.07, 6.45) is 1.42. The monoisotopic (exact) mass is 555 g/mol. The predicted molar refractivity (Wildman–Crippen MR) is 144 cm³/mol. The zero-order valence-electron chi connectivity index (χ0n) is 21.2. The molecule has 0 bridgehead atoms. The van der Waals surface area contributed by atoms with Gasteiger partial charge >= 0.3 is 0 Å². The molecule has 1 aromatic heterocycles. The van der Waals surface area contributed by atoms with Gasteiger partial charge in [-0.05, 0) is 41.3 Å². The van der Waals surface area contributed by atoms with E-state index in [0.717, 1.165) is 5.56 Å². The zero-order valence-corrected chi connectivity index (χ0v) is 22.9. The number of sulfonamides is 1. The smallest absolute Gasteiger partial charge is 0.243 e. The molecule has 0 fully saturated rings. The van der Waals surface area contributed by atoms with E-state index in [2.05, 4.69) is 4.98 Å². The van der Waals surface area contributed by atoms with Gasteiger partial charge in [0.25, 0.3) is 0 Å². The molecule has 0 radical (unpaired) electrons. The third kappa shape index (κ3) is 6.56. The van der Waals surface area contributed by atoms with E-state index in [1.165, 1.54) is 34.8 Å². The van der Waals surface area contributed by atoms with E-state index in [1.54, 1.807) is 34.9 Å². The molecule has 0 aliphatic heterocycles. The lowest BCUT2D eigenvalue weighted by atomic mass is 10.2. The maximum absolute atomic E-state index is 13.6. The van der Waals surface area contributed by atoms with Gasteiger partial charge in [-0.15, -0.1) is 0 Å². The van der Waals surface area contributed by atoms with Crippen LogP contribution >= 0.6 is 0 Å². The largest absolute Gasteiger partial charge is 0.313 e. The molecule has 0 saturated heterocycles. The molecule has 0 aliphatic carbocycles. The number of rotatable bonds is 11. The summed E-state index contributed by atoms with van der Waals surface area (Å²) in [4.78, 5) is 4.43. The first-order valence-electron chi connectivity index (χ1n) is 12.2. The second kappa shape index (κ2) is 11.6. The Morgan fingerprint density at radius 2 is 1.45 bits per heavy atom. The normalized spacial score (nSPS) is 12.3. The van der Waals surface area contributed by atoms with E-state index >= 15 is 0 Å². The molecule has 38 heavy (non-hydrogen) atoms. The summed E-state index contributed by atoms with van der Waals surface area (Å²) < 4.78 is 70.4.